The molecule has 0 amide bonds. The zero-order valence-electron chi connectivity index (χ0n) is 48.7. The van der Waals surface area contributed by atoms with E-state index in [-0.39, 0.29) is 22.1 Å². The molecule has 1 N–H and O–H groups in total. The molecule has 4 nitrogen and oxygen atoms in total. The molecule has 10 rings (SSSR count). The van der Waals surface area contributed by atoms with Gasteiger partial charge in [0.2, 0.25) is 0 Å². The number of imidazole rings is 1. The van der Waals surface area contributed by atoms with Crippen LogP contribution in [0, 0.1) is 6.85 Å². The number of para-hydroxylation sites is 1. The normalized spacial score (nSPS) is 13.5. The molecule has 4 heteroatoms. The third-order valence-corrected chi connectivity index (χ3v) is 14.2. The number of rotatable bonds is 10. The average molecular weight is 959 g/mol. The van der Waals surface area contributed by atoms with Crippen LogP contribution in [-0.4, -0.2) is 19.6 Å². The Balaban J connectivity index is 1.26. The summed E-state index contributed by atoms with van der Waals surface area (Å²) in [5.41, 5.74) is 15.9. The van der Waals surface area contributed by atoms with Crippen molar-refractivity contribution in [2.75, 3.05) is 0 Å². The standard InChI is InChI=1S/C69H67N3O/c1-43(2)52-39-58(44(3)4)66(73)61(40-52)67-71-65-57(53-36-54(38-56(37-53)69(9,10)11)62-41-51(33-34-70-62)48-27-25-47(26-28-48)46-19-14-12-15-20-46)23-18-24-63(65)72(67)64-35-45(5)59(42-60(64)49-21-16-13-17-22-49)50-29-31-55(32-30-50)68(6,7)8/h12-44,73H,1-11H3/i5D3,43D,44D. The molecule has 73 heavy (non-hydrogen) atoms. The van der Waals surface area contributed by atoms with Crippen LogP contribution in [-0.2, 0) is 10.8 Å². The fraction of sp³-hybridized carbons (Fsp3) is 0.217. The molecule has 0 saturated carbocycles. The Morgan fingerprint density at radius 3 is 1.73 bits per heavy atom. The van der Waals surface area contributed by atoms with Gasteiger partial charge in [0.25, 0.3) is 0 Å². The number of hydrogen-bond donors (Lipinski definition) is 1. The highest BCUT2D eigenvalue weighted by Gasteiger charge is 2.27. The number of nitrogens with zero attached hydrogens (tertiary/aromatic N) is 3. The van der Waals surface area contributed by atoms with Gasteiger partial charge in [0.15, 0.2) is 0 Å². The first-order chi connectivity index (χ1) is 36.7. The van der Waals surface area contributed by atoms with Crippen LogP contribution in [0.25, 0.3) is 95.0 Å². The summed E-state index contributed by atoms with van der Waals surface area (Å²) in [7, 11) is 0. The molecule has 10 aromatic rings. The maximum atomic E-state index is 12.6. The molecule has 0 bridgehead atoms. The lowest BCUT2D eigenvalue weighted by molar-refractivity contribution is 0.466. The van der Waals surface area contributed by atoms with Gasteiger partial charge in [0.1, 0.15) is 11.6 Å². The summed E-state index contributed by atoms with van der Waals surface area (Å²) in [5.74, 6) is -2.19. The van der Waals surface area contributed by atoms with Crippen molar-refractivity contribution in [2.24, 2.45) is 0 Å². The van der Waals surface area contributed by atoms with Gasteiger partial charge in [-0.3, -0.25) is 9.55 Å². The number of aryl methyl sites for hydroxylation is 1. The van der Waals surface area contributed by atoms with E-state index in [1.54, 1.807) is 45.9 Å². The Labute approximate surface area is 440 Å². The summed E-state index contributed by atoms with van der Waals surface area (Å²) < 4.78 is 48.0. The van der Waals surface area contributed by atoms with E-state index in [0.29, 0.717) is 44.8 Å². The second kappa shape index (κ2) is 19.3. The van der Waals surface area contributed by atoms with Gasteiger partial charge in [0.05, 0.1) is 28.0 Å². The second-order valence-electron chi connectivity index (χ2n) is 21.9. The third kappa shape index (κ3) is 9.67. The van der Waals surface area contributed by atoms with Crippen molar-refractivity contribution in [1.29, 1.82) is 0 Å². The van der Waals surface area contributed by atoms with Crippen molar-refractivity contribution in [3.8, 4) is 89.7 Å². The number of pyridine rings is 1. The second-order valence-corrected chi connectivity index (χ2v) is 21.9. The zero-order valence-corrected chi connectivity index (χ0v) is 43.7. The summed E-state index contributed by atoms with van der Waals surface area (Å²) in [6, 6.07) is 61.2. The minimum atomic E-state index is -2.55. The highest BCUT2D eigenvalue weighted by Crippen LogP contribution is 2.46. The van der Waals surface area contributed by atoms with Gasteiger partial charge in [0, 0.05) is 29.7 Å². The fourth-order valence-electron chi connectivity index (χ4n) is 9.86. The molecule has 0 atom stereocenters. The molecule has 0 radical (unpaired) electrons. The van der Waals surface area contributed by atoms with Crippen molar-refractivity contribution in [1.82, 2.24) is 14.5 Å². The minimum absolute atomic E-state index is 0.108. The van der Waals surface area contributed by atoms with Crippen LogP contribution in [0.2, 0.25) is 0 Å². The SMILES string of the molecule is [2H]C([2H])([2H])c1cc(-n2c(-c3cc(C([2H])(C)C)cc(C([2H])(C)C)c3O)nc3c(-c4cc(-c5cc(-c6ccc(-c7ccccc7)cc6)ccn5)cc(C(C)(C)C)c4)cccc32)c(-c2ccccc2)cc1-c1ccc(C(C)(C)C)cc1. The van der Waals surface area contributed by atoms with E-state index < -0.39 is 18.6 Å². The van der Waals surface area contributed by atoms with E-state index in [0.717, 1.165) is 72.5 Å². The minimum Gasteiger partial charge on any atom is -0.507 e. The van der Waals surface area contributed by atoms with E-state index in [9.17, 15) is 7.85 Å². The monoisotopic (exact) mass is 959 g/mol. The van der Waals surface area contributed by atoms with Crippen LogP contribution in [0.4, 0.5) is 0 Å². The molecule has 8 aromatic carbocycles. The van der Waals surface area contributed by atoms with Gasteiger partial charge in [-0.15, -0.1) is 0 Å². The van der Waals surface area contributed by atoms with Crippen LogP contribution in [0.15, 0.2) is 188 Å². The lowest BCUT2D eigenvalue weighted by atomic mass is 9.83. The molecule has 0 unspecified atom stereocenters. The Bertz CT molecular complexity index is 3850. The number of aromatic nitrogens is 3. The van der Waals surface area contributed by atoms with Crippen LogP contribution in [0.3, 0.4) is 0 Å². The molecule has 364 valence electrons. The summed E-state index contributed by atoms with van der Waals surface area (Å²) in [5, 5.41) is 12.6. The third-order valence-electron chi connectivity index (χ3n) is 14.2. The number of fused-ring (bicyclic) bond motifs is 1. The predicted octanol–water partition coefficient (Wildman–Crippen LogP) is 18.9. The highest BCUT2D eigenvalue weighted by molar-refractivity contribution is 5.98. The van der Waals surface area contributed by atoms with Gasteiger partial charge in [-0.25, -0.2) is 4.98 Å². The van der Waals surface area contributed by atoms with Crippen molar-refractivity contribution < 1.29 is 12.0 Å². The molecular formula is C69H67N3O. The molecule has 2 aromatic heterocycles. The van der Waals surface area contributed by atoms with Gasteiger partial charge in [-0.1, -0.05) is 203 Å². The Hall–Kier alpha value is -7.82. The van der Waals surface area contributed by atoms with Gasteiger partial charge < -0.3 is 5.11 Å². The number of phenols is 1. The van der Waals surface area contributed by atoms with Crippen LogP contribution in [0.5, 0.6) is 5.75 Å². The van der Waals surface area contributed by atoms with E-state index in [1.807, 2.05) is 83.6 Å². The van der Waals surface area contributed by atoms with Crippen LogP contribution < -0.4 is 0 Å². The summed E-state index contributed by atoms with van der Waals surface area (Å²) in [4.78, 5) is 10.6. The summed E-state index contributed by atoms with van der Waals surface area (Å²) in [6.45, 7) is 17.6. The van der Waals surface area contributed by atoms with Gasteiger partial charge in [-0.05, 0) is 150 Å². The average Bonchev–Trinajstić information content (AvgIpc) is 3.89. The Kier molecular flexibility index (Phi) is 11.3. The van der Waals surface area contributed by atoms with Gasteiger partial charge in [-0.2, -0.15) is 0 Å². The van der Waals surface area contributed by atoms with Crippen molar-refractivity contribution in [3.63, 3.8) is 0 Å². The highest BCUT2D eigenvalue weighted by atomic mass is 16.3. The number of benzene rings is 8. The maximum Gasteiger partial charge on any atom is 0.149 e. The molecule has 0 spiro atoms. The zero-order chi connectivity index (χ0) is 55.7. The molecule has 0 aliphatic rings. The topological polar surface area (TPSA) is 50.9 Å². The smallest absolute Gasteiger partial charge is 0.149 e. The molecule has 0 fully saturated rings. The number of phenolic OH excluding ortho intramolecular Hbond substituents is 1. The maximum absolute atomic E-state index is 12.6. The van der Waals surface area contributed by atoms with E-state index in [1.165, 1.54) is 0 Å². The first-order valence-corrected chi connectivity index (χ1v) is 25.3. The lowest BCUT2D eigenvalue weighted by Crippen LogP contribution is -2.11. The van der Waals surface area contributed by atoms with E-state index in [2.05, 4.69) is 133 Å². The van der Waals surface area contributed by atoms with Crippen LogP contribution >= 0.6 is 0 Å². The molecule has 0 aliphatic carbocycles. The first-order valence-electron chi connectivity index (χ1n) is 27.8. The lowest BCUT2D eigenvalue weighted by Gasteiger charge is -2.22. The van der Waals surface area contributed by atoms with E-state index >= 15 is 0 Å². The van der Waals surface area contributed by atoms with Gasteiger partial charge >= 0.3 is 0 Å². The van der Waals surface area contributed by atoms with Crippen molar-refractivity contribution >= 4 is 11.0 Å². The molecule has 0 saturated heterocycles. The molecule has 0 aliphatic heterocycles. The molecule has 2 heterocycles. The summed E-state index contributed by atoms with van der Waals surface area (Å²) in [6.07, 6.45) is 1.86. The van der Waals surface area contributed by atoms with Crippen LogP contribution in [0.1, 0.15) is 116 Å². The van der Waals surface area contributed by atoms with E-state index in [4.69, 9.17) is 14.1 Å². The fourth-order valence-corrected chi connectivity index (χ4v) is 9.86. The number of hydrogen-bond acceptors (Lipinski definition) is 3. The number of aromatic hydroxyl groups is 1. The molecular weight excluding hydrogens is 887 g/mol. The van der Waals surface area contributed by atoms with Crippen molar-refractivity contribution in [3.05, 3.63) is 216 Å². The largest absolute Gasteiger partial charge is 0.507 e. The predicted molar refractivity (Wildman–Crippen MR) is 309 cm³/mol. The Morgan fingerprint density at radius 2 is 1.10 bits per heavy atom. The van der Waals surface area contributed by atoms with Crippen molar-refractivity contribution in [2.45, 2.75) is 98.7 Å². The Morgan fingerprint density at radius 1 is 0.493 bits per heavy atom. The quantitative estimate of drug-likeness (QED) is 0.149. The first kappa shape index (κ1) is 42.8. The summed E-state index contributed by atoms with van der Waals surface area (Å²) >= 11 is 0.